The molecule has 0 unspecified atom stereocenters. The van der Waals surface area contributed by atoms with Crippen molar-refractivity contribution >= 4 is 11.6 Å². The maximum atomic E-state index is 13.8. The van der Waals surface area contributed by atoms with Crippen molar-refractivity contribution in [2.75, 3.05) is 6.54 Å². The van der Waals surface area contributed by atoms with Crippen LogP contribution in [0, 0.1) is 6.92 Å². The maximum Gasteiger partial charge on any atom is 0.235 e. The molecule has 30 heavy (non-hydrogen) atoms. The lowest BCUT2D eigenvalue weighted by Gasteiger charge is -2.34. The van der Waals surface area contributed by atoms with Gasteiger partial charge in [0.15, 0.2) is 5.65 Å². The molecule has 1 amide bonds. The molecule has 0 spiro atoms. The molecule has 0 bridgehead atoms. The van der Waals surface area contributed by atoms with E-state index in [1.807, 2.05) is 77.1 Å². The molecule has 2 aromatic heterocycles. The summed E-state index contributed by atoms with van der Waals surface area (Å²) < 4.78 is 7.98. The fraction of sp³-hybridized carbons (Fsp3) is 0.208. The predicted octanol–water partition coefficient (Wildman–Crippen LogP) is 3.86. The summed E-state index contributed by atoms with van der Waals surface area (Å²) in [5.41, 5.74) is 5.85. The number of aromatic nitrogens is 3. The molecule has 4 aromatic rings. The first-order valence-corrected chi connectivity index (χ1v) is 10.2. The molecule has 0 radical (unpaired) electrons. The van der Waals surface area contributed by atoms with Gasteiger partial charge in [-0.05, 0) is 19.1 Å². The fourth-order valence-corrected chi connectivity index (χ4v) is 4.60. The van der Waals surface area contributed by atoms with Crippen LogP contribution in [-0.4, -0.2) is 31.9 Å². The summed E-state index contributed by atoms with van der Waals surface area (Å²) in [4.78, 5) is 20.3. The van der Waals surface area contributed by atoms with Crippen molar-refractivity contribution in [3.05, 3.63) is 88.9 Å². The number of benzene rings is 2. The van der Waals surface area contributed by atoms with E-state index < -0.39 is 0 Å². The molecule has 0 saturated carbocycles. The van der Waals surface area contributed by atoms with Gasteiger partial charge >= 0.3 is 0 Å². The Morgan fingerprint density at radius 1 is 1.07 bits per heavy atom. The van der Waals surface area contributed by atoms with Crippen LogP contribution in [-0.2, 0) is 17.8 Å². The highest BCUT2D eigenvalue weighted by molar-refractivity contribution is 5.90. The first-order chi connectivity index (χ1) is 14.7. The second-order valence-corrected chi connectivity index (χ2v) is 7.91. The summed E-state index contributed by atoms with van der Waals surface area (Å²) in [6.07, 6.45) is 2.64. The van der Waals surface area contributed by atoms with Crippen molar-refractivity contribution in [1.29, 1.82) is 0 Å². The highest BCUT2D eigenvalue weighted by Gasteiger charge is 2.36. The first-order valence-electron chi connectivity index (χ1n) is 10.2. The number of ether oxygens (including phenoxy) is 1. The lowest BCUT2D eigenvalue weighted by molar-refractivity contribution is -0.133. The van der Waals surface area contributed by atoms with Crippen LogP contribution in [0.4, 0.5) is 0 Å². The second-order valence-electron chi connectivity index (χ2n) is 7.91. The standard InChI is InChI=1S/C24H20N4O2/c1-15-12-22-25-13-16-14-27(11-10-19(16)28(22)26-15)24(29)23-17-6-2-4-8-20(17)30-21-9-5-3-7-18(21)23/h2-9,12-13,23H,10-11,14H2,1H3. The number of carbonyl (C=O) groups excluding carboxylic acids is 1. The molecule has 2 aliphatic heterocycles. The van der Waals surface area contributed by atoms with Gasteiger partial charge in [-0.2, -0.15) is 5.10 Å². The highest BCUT2D eigenvalue weighted by atomic mass is 16.5. The zero-order valence-electron chi connectivity index (χ0n) is 16.6. The third kappa shape index (κ3) is 2.53. The average molecular weight is 396 g/mol. The van der Waals surface area contributed by atoms with E-state index in [0.29, 0.717) is 13.1 Å². The molecule has 0 saturated heterocycles. The summed E-state index contributed by atoms with van der Waals surface area (Å²) >= 11 is 0. The van der Waals surface area contributed by atoms with Gasteiger partial charge in [-0.15, -0.1) is 0 Å². The largest absolute Gasteiger partial charge is 0.457 e. The molecule has 0 fully saturated rings. The predicted molar refractivity (Wildman–Crippen MR) is 112 cm³/mol. The number of nitrogens with zero attached hydrogens (tertiary/aromatic N) is 4. The molecule has 0 N–H and O–H groups in total. The topological polar surface area (TPSA) is 59.7 Å². The molecule has 0 atom stereocenters. The Kier molecular flexibility index (Phi) is 3.68. The summed E-state index contributed by atoms with van der Waals surface area (Å²) in [5.74, 6) is 1.24. The number of rotatable bonds is 1. The van der Waals surface area contributed by atoms with Gasteiger partial charge in [-0.3, -0.25) is 4.79 Å². The molecular weight excluding hydrogens is 376 g/mol. The molecule has 2 aliphatic rings. The van der Waals surface area contributed by atoms with Gasteiger partial charge in [0.25, 0.3) is 0 Å². The number of carbonyl (C=O) groups is 1. The van der Waals surface area contributed by atoms with E-state index in [2.05, 4.69) is 10.1 Å². The molecule has 6 nitrogen and oxygen atoms in total. The summed E-state index contributed by atoms with van der Waals surface area (Å²) in [5, 5.41) is 4.58. The SMILES string of the molecule is Cc1cc2ncc3c(n2n1)CCN(C(=O)C1c2ccccc2Oc2ccccc21)C3. The number of hydrogen-bond acceptors (Lipinski definition) is 4. The molecule has 2 aromatic carbocycles. The molecular formula is C24H20N4O2. The van der Waals surface area contributed by atoms with E-state index in [1.54, 1.807) is 0 Å². The fourth-order valence-electron chi connectivity index (χ4n) is 4.60. The maximum absolute atomic E-state index is 13.8. The highest BCUT2D eigenvalue weighted by Crippen LogP contribution is 2.45. The van der Waals surface area contributed by atoms with Gasteiger partial charge in [0, 0.05) is 48.5 Å². The van der Waals surface area contributed by atoms with Crippen LogP contribution in [0.5, 0.6) is 11.5 Å². The van der Waals surface area contributed by atoms with Crippen LogP contribution in [0.25, 0.3) is 5.65 Å². The van der Waals surface area contributed by atoms with E-state index >= 15 is 0 Å². The van der Waals surface area contributed by atoms with Crippen molar-refractivity contribution in [2.45, 2.75) is 25.8 Å². The molecule has 148 valence electrons. The van der Waals surface area contributed by atoms with Crippen molar-refractivity contribution in [3.63, 3.8) is 0 Å². The molecule has 6 rings (SSSR count). The van der Waals surface area contributed by atoms with E-state index in [0.717, 1.165) is 51.6 Å². The van der Waals surface area contributed by atoms with Crippen LogP contribution in [0.1, 0.15) is 34.0 Å². The third-order valence-electron chi connectivity index (χ3n) is 6.01. The van der Waals surface area contributed by atoms with Crippen molar-refractivity contribution in [1.82, 2.24) is 19.5 Å². The Balaban J connectivity index is 1.39. The molecule has 6 heteroatoms. The minimum absolute atomic E-state index is 0.0978. The zero-order chi connectivity index (χ0) is 20.2. The Hall–Kier alpha value is -3.67. The lowest BCUT2D eigenvalue weighted by Crippen LogP contribution is -2.40. The smallest absolute Gasteiger partial charge is 0.235 e. The number of fused-ring (bicyclic) bond motifs is 5. The first kappa shape index (κ1) is 17.2. The van der Waals surface area contributed by atoms with Gasteiger partial charge in [0.05, 0.1) is 17.3 Å². The van der Waals surface area contributed by atoms with Crippen molar-refractivity contribution in [2.24, 2.45) is 0 Å². The van der Waals surface area contributed by atoms with Crippen LogP contribution >= 0.6 is 0 Å². The Bertz CT molecular complexity index is 1260. The summed E-state index contributed by atoms with van der Waals surface area (Å²) in [6.45, 7) is 3.17. The van der Waals surface area contributed by atoms with Crippen molar-refractivity contribution < 1.29 is 9.53 Å². The van der Waals surface area contributed by atoms with E-state index in [9.17, 15) is 4.79 Å². The van der Waals surface area contributed by atoms with Crippen LogP contribution in [0.15, 0.2) is 60.8 Å². The minimum atomic E-state index is -0.365. The Morgan fingerprint density at radius 2 is 1.77 bits per heavy atom. The third-order valence-corrected chi connectivity index (χ3v) is 6.01. The van der Waals surface area contributed by atoms with Gasteiger partial charge in [-0.1, -0.05) is 36.4 Å². The normalized spacial score (nSPS) is 15.3. The zero-order valence-corrected chi connectivity index (χ0v) is 16.6. The Labute approximate surface area is 173 Å². The monoisotopic (exact) mass is 396 g/mol. The van der Waals surface area contributed by atoms with E-state index in [4.69, 9.17) is 4.74 Å². The number of aryl methyl sites for hydroxylation is 1. The lowest BCUT2D eigenvalue weighted by atomic mass is 9.86. The van der Waals surface area contributed by atoms with Crippen LogP contribution in [0.2, 0.25) is 0 Å². The second kappa shape index (κ2) is 6.42. The summed E-state index contributed by atoms with van der Waals surface area (Å²) in [7, 11) is 0. The Morgan fingerprint density at radius 3 is 2.50 bits per heavy atom. The van der Waals surface area contributed by atoms with Crippen LogP contribution < -0.4 is 4.74 Å². The number of amides is 1. The average Bonchev–Trinajstić information content (AvgIpc) is 3.17. The van der Waals surface area contributed by atoms with Gasteiger partial charge in [0.1, 0.15) is 11.5 Å². The minimum Gasteiger partial charge on any atom is -0.457 e. The van der Waals surface area contributed by atoms with Gasteiger partial charge < -0.3 is 9.64 Å². The molecule has 4 heterocycles. The van der Waals surface area contributed by atoms with E-state index in [1.165, 1.54) is 0 Å². The summed E-state index contributed by atoms with van der Waals surface area (Å²) in [6, 6.07) is 17.6. The quantitative estimate of drug-likeness (QED) is 0.490. The van der Waals surface area contributed by atoms with Gasteiger partial charge in [-0.25, -0.2) is 9.50 Å². The van der Waals surface area contributed by atoms with Crippen molar-refractivity contribution in [3.8, 4) is 11.5 Å². The van der Waals surface area contributed by atoms with Gasteiger partial charge in [0.2, 0.25) is 5.91 Å². The number of hydrogen-bond donors (Lipinski definition) is 0. The van der Waals surface area contributed by atoms with Crippen LogP contribution in [0.3, 0.4) is 0 Å². The number of para-hydroxylation sites is 2. The van der Waals surface area contributed by atoms with E-state index in [-0.39, 0.29) is 11.8 Å². The molecule has 0 aliphatic carbocycles.